The zero-order chi connectivity index (χ0) is 24.7. The molecule has 0 bridgehead atoms. The van der Waals surface area contributed by atoms with Crippen LogP contribution in [0.15, 0.2) is 66.3 Å². The fourth-order valence-electron chi connectivity index (χ4n) is 3.33. The van der Waals surface area contributed by atoms with Crippen LogP contribution in [0.1, 0.15) is 41.6 Å². The number of nitrogens with zero attached hydrogens (tertiary/aromatic N) is 3. The first-order valence-corrected chi connectivity index (χ1v) is 12.2. The maximum Gasteiger partial charge on any atom is 0.251 e. The average Bonchev–Trinajstić information content (AvgIpc) is 3.21. The first-order chi connectivity index (χ1) is 16.3. The normalized spacial score (nSPS) is 11.8. The Hall–Kier alpha value is -3.10. The molecule has 178 valence electrons. The lowest BCUT2D eigenvalue weighted by Gasteiger charge is -2.22. The van der Waals surface area contributed by atoms with Gasteiger partial charge in [0.2, 0.25) is 5.91 Å². The van der Waals surface area contributed by atoms with Crippen LogP contribution in [0.2, 0.25) is 5.02 Å². The van der Waals surface area contributed by atoms with Crippen molar-refractivity contribution in [3.63, 3.8) is 0 Å². The van der Waals surface area contributed by atoms with E-state index in [-0.39, 0.29) is 29.5 Å². The van der Waals surface area contributed by atoms with Gasteiger partial charge in [-0.3, -0.25) is 9.59 Å². The van der Waals surface area contributed by atoms with Crippen LogP contribution >= 0.6 is 23.4 Å². The lowest BCUT2D eigenvalue weighted by molar-refractivity contribution is -0.113. The summed E-state index contributed by atoms with van der Waals surface area (Å²) < 4.78 is 1.88. The SMILES string of the molecule is C=CCn1c(SCC(=O)Nc2cc(Cl)ccc2C)nnc1[C@H](NC(=O)c1ccccc1)C(C)C. The maximum atomic E-state index is 12.8. The van der Waals surface area contributed by atoms with E-state index >= 15 is 0 Å². The highest BCUT2D eigenvalue weighted by Gasteiger charge is 2.26. The summed E-state index contributed by atoms with van der Waals surface area (Å²) >= 11 is 7.32. The van der Waals surface area contributed by atoms with Gasteiger partial charge in [-0.15, -0.1) is 16.8 Å². The van der Waals surface area contributed by atoms with Crippen LogP contribution in [0.25, 0.3) is 0 Å². The largest absolute Gasteiger partial charge is 0.342 e. The zero-order valence-electron chi connectivity index (χ0n) is 19.4. The summed E-state index contributed by atoms with van der Waals surface area (Å²) in [5.74, 6) is 0.463. The summed E-state index contributed by atoms with van der Waals surface area (Å²) in [7, 11) is 0. The molecule has 3 aromatic rings. The number of benzene rings is 2. The third-order valence-electron chi connectivity index (χ3n) is 5.13. The topological polar surface area (TPSA) is 88.9 Å². The number of allylic oxidation sites excluding steroid dienone is 1. The predicted molar refractivity (Wildman–Crippen MR) is 137 cm³/mol. The van der Waals surface area contributed by atoms with E-state index in [9.17, 15) is 9.59 Å². The smallest absolute Gasteiger partial charge is 0.251 e. The van der Waals surface area contributed by atoms with Crippen LogP contribution in [-0.4, -0.2) is 32.3 Å². The summed E-state index contributed by atoms with van der Waals surface area (Å²) in [6.07, 6.45) is 1.74. The fraction of sp³-hybridized carbons (Fsp3) is 0.280. The van der Waals surface area contributed by atoms with Gasteiger partial charge in [-0.25, -0.2) is 0 Å². The van der Waals surface area contributed by atoms with E-state index < -0.39 is 0 Å². The number of halogens is 1. The van der Waals surface area contributed by atoms with E-state index in [1.807, 2.05) is 49.6 Å². The van der Waals surface area contributed by atoms with Crippen LogP contribution in [0.5, 0.6) is 0 Å². The third-order valence-corrected chi connectivity index (χ3v) is 6.33. The lowest BCUT2D eigenvalue weighted by atomic mass is 10.0. The van der Waals surface area contributed by atoms with Gasteiger partial charge in [0.05, 0.1) is 11.8 Å². The van der Waals surface area contributed by atoms with Gasteiger partial charge in [0.25, 0.3) is 5.91 Å². The molecule has 0 radical (unpaired) electrons. The van der Waals surface area contributed by atoms with E-state index in [2.05, 4.69) is 27.4 Å². The van der Waals surface area contributed by atoms with Gasteiger partial charge in [-0.05, 0) is 42.7 Å². The van der Waals surface area contributed by atoms with Gasteiger partial charge < -0.3 is 15.2 Å². The van der Waals surface area contributed by atoms with Crippen molar-refractivity contribution in [3.05, 3.63) is 83.2 Å². The first kappa shape index (κ1) is 25.5. The Kier molecular flexibility index (Phi) is 8.90. The minimum Gasteiger partial charge on any atom is -0.342 e. The standard InChI is InChI=1S/C25H28ClN5O2S/c1-5-13-31-23(22(16(2)3)28-24(33)18-9-7-6-8-10-18)29-30-25(31)34-15-21(32)27-20-14-19(26)12-11-17(20)4/h5-12,14,16,22H,1,13,15H2,2-4H3,(H,27,32)(H,28,33)/t22-/m1/s1. The molecule has 0 unspecified atom stereocenters. The van der Waals surface area contributed by atoms with Crippen molar-refractivity contribution < 1.29 is 9.59 Å². The highest BCUT2D eigenvalue weighted by Crippen LogP contribution is 2.26. The second-order valence-corrected chi connectivity index (χ2v) is 9.48. The van der Waals surface area contributed by atoms with Gasteiger partial charge in [-0.1, -0.05) is 67.6 Å². The molecule has 2 N–H and O–H groups in total. The number of hydrogen-bond donors (Lipinski definition) is 2. The Morgan fingerprint density at radius 2 is 1.91 bits per heavy atom. The Bertz CT molecular complexity index is 1160. The molecule has 1 aromatic heterocycles. The van der Waals surface area contributed by atoms with E-state index in [0.29, 0.717) is 33.8 Å². The van der Waals surface area contributed by atoms with Gasteiger partial charge in [0.15, 0.2) is 11.0 Å². The molecule has 7 nitrogen and oxygen atoms in total. The summed E-state index contributed by atoms with van der Waals surface area (Å²) in [5, 5.41) is 15.8. The first-order valence-electron chi connectivity index (χ1n) is 10.9. The van der Waals surface area contributed by atoms with Crippen molar-refractivity contribution in [2.75, 3.05) is 11.1 Å². The van der Waals surface area contributed by atoms with Crippen LogP contribution in [0.3, 0.4) is 0 Å². The molecule has 0 aliphatic carbocycles. The number of aromatic nitrogens is 3. The van der Waals surface area contributed by atoms with Crippen molar-refractivity contribution in [1.29, 1.82) is 0 Å². The minimum absolute atomic E-state index is 0.0624. The fourth-order valence-corrected chi connectivity index (χ4v) is 4.25. The molecule has 1 heterocycles. The van der Waals surface area contributed by atoms with E-state index in [4.69, 9.17) is 11.6 Å². The zero-order valence-corrected chi connectivity index (χ0v) is 21.0. The number of amides is 2. The molecule has 0 saturated heterocycles. The average molecular weight is 498 g/mol. The molecule has 34 heavy (non-hydrogen) atoms. The monoisotopic (exact) mass is 497 g/mol. The number of aryl methyl sites for hydroxylation is 1. The summed E-state index contributed by atoms with van der Waals surface area (Å²) in [6, 6.07) is 14.0. The Morgan fingerprint density at radius 1 is 1.18 bits per heavy atom. The molecule has 0 spiro atoms. The third kappa shape index (κ3) is 6.48. The summed E-state index contributed by atoms with van der Waals surface area (Å²) in [5.41, 5.74) is 2.18. The number of rotatable bonds is 10. The minimum atomic E-state index is -0.363. The van der Waals surface area contributed by atoms with E-state index in [1.165, 1.54) is 11.8 Å². The highest BCUT2D eigenvalue weighted by molar-refractivity contribution is 7.99. The molecule has 0 aliphatic heterocycles. The number of carbonyl (C=O) groups excluding carboxylic acids is 2. The molecule has 0 aliphatic rings. The van der Waals surface area contributed by atoms with Crippen molar-refractivity contribution in [1.82, 2.24) is 20.1 Å². The number of thioether (sulfide) groups is 1. The van der Waals surface area contributed by atoms with Gasteiger partial charge >= 0.3 is 0 Å². The predicted octanol–water partition coefficient (Wildman–Crippen LogP) is 5.28. The molecule has 9 heteroatoms. The quantitative estimate of drug-likeness (QED) is 0.293. The van der Waals surface area contributed by atoms with Crippen LogP contribution in [0, 0.1) is 12.8 Å². The highest BCUT2D eigenvalue weighted by atomic mass is 35.5. The van der Waals surface area contributed by atoms with Crippen molar-refractivity contribution in [2.45, 2.75) is 38.5 Å². The molecule has 2 aromatic carbocycles. The molecule has 3 rings (SSSR count). The van der Waals surface area contributed by atoms with Crippen LogP contribution in [0.4, 0.5) is 5.69 Å². The van der Waals surface area contributed by atoms with Crippen LogP contribution < -0.4 is 10.6 Å². The van der Waals surface area contributed by atoms with Gasteiger partial charge in [-0.2, -0.15) is 0 Å². The summed E-state index contributed by atoms with van der Waals surface area (Å²) in [6.45, 7) is 10.2. The van der Waals surface area contributed by atoms with E-state index in [0.717, 1.165) is 5.56 Å². The Morgan fingerprint density at radius 3 is 2.59 bits per heavy atom. The number of nitrogens with one attached hydrogen (secondary N) is 2. The molecule has 0 fully saturated rings. The molecular weight excluding hydrogens is 470 g/mol. The Balaban J connectivity index is 1.75. The Labute approximate surface area is 209 Å². The van der Waals surface area contributed by atoms with Gasteiger partial charge in [0.1, 0.15) is 0 Å². The second kappa shape index (κ2) is 11.9. The van der Waals surface area contributed by atoms with Crippen LogP contribution in [-0.2, 0) is 11.3 Å². The number of hydrogen-bond acceptors (Lipinski definition) is 5. The summed E-state index contributed by atoms with van der Waals surface area (Å²) in [4.78, 5) is 25.4. The molecule has 1 atom stereocenters. The molecule has 0 saturated carbocycles. The van der Waals surface area contributed by atoms with E-state index in [1.54, 1.807) is 30.3 Å². The number of anilines is 1. The van der Waals surface area contributed by atoms with Crippen molar-refractivity contribution >= 4 is 40.9 Å². The second-order valence-electron chi connectivity index (χ2n) is 8.10. The van der Waals surface area contributed by atoms with Gasteiger partial charge in [0, 0.05) is 22.8 Å². The maximum absolute atomic E-state index is 12.8. The lowest BCUT2D eigenvalue weighted by Crippen LogP contribution is -2.33. The molecular formula is C25H28ClN5O2S. The van der Waals surface area contributed by atoms with Crippen molar-refractivity contribution in [3.8, 4) is 0 Å². The van der Waals surface area contributed by atoms with Crippen molar-refractivity contribution in [2.24, 2.45) is 5.92 Å². The molecule has 2 amide bonds. The number of carbonyl (C=O) groups is 2.